The Morgan fingerprint density at radius 3 is 2.83 bits per heavy atom. The van der Waals surface area contributed by atoms with Crippen molar-refractivity contribution in [3.8, 4) is 0 Å². The van der Waals surface area contributed by atoms with Crippen LogP contribution < -0.4 is 10.6 Å². The summed E-state index contributed by atoms with van der Waals surface area (Å²) in [7, 11) is 0. The summed E-state index contributed by atoms with van der Waals surface area (Å²) in [5.41, 5.74) is 2.24. The first-order valence-corrected chi connectivity index (χ1v) is 8.66. The summed E-state index contributed by atoms with van der Waals surface area (Å²) >= 11 is 3.44. The standard InChI is InChI=1S/C17H19BrN4O2/c1-11-4-5-15(14(18)7-11)22-16(23)12-8-19-17(20-9-12)21-10-13-3-2-6-24-13/h4-5,7-9,13H,2-3,6,10H2,1H3,(H,22,23)(H,19,20,21). The highest BCUT2D eigenvalue weighted by atomic mass is 79.9. The number of aromatic nitrogens is 2. The Bertz CT molecular complexity index is 715. The number of halogens is 1. The number of hydrogen-bond acceptors (Lipinski definition) is 5. The predicted molar refractivity (Wildman–Crippen MR) is 96.3 cm³/mol. The van der Waals surface area contributed by atoms with Crippen molar-refractivity contribution in [3.05, 3.63) is 46.2 Å². The van der Waals surface area contributed by atoms with Gasteiger partial charge in [0.05, 0.1) is 17.4 Å². The van der Waals surface area contributed by atoms with Gasteiger partial charge in [0.15, 0.2) is 0 Å². The van der Waals surface area contributed by atoms with Crippen LogP contribution in [0, 0.1) is 6.92 Å². The fourth-order valence-corrected chi connectivity index (χ4v) is 3.06. The molecule has 1 saturated heterocycles. The summed E-state index contributed by atoms with van der Waals surface area (Å²) in [4.78, 5) is 20.7. The monoisotopic (exact) mass is 390 g/mol. The van der Waals surface area contributed by atoms with E-state index in [1.54, 1.807) is 0 Å². The zero-order valence-electron chi connectivity index (χ0n) is 13.4. The molecule has 3 rings (SSSR count). The molecule has 6 nitrogen and oxygen atoms in total. The molecule has 24 heavy (non-hydrogen) atoms. The Morgan fingerprint density at radius 1 is 1.38 bits per heavy atom. The van der Waals surface area contributed by atoms with E-state index in [9.17, 15) is 4.79 Å². The van der Waals surface area contributed by atoms with Crippen molar-refractivity contribution < 1.29 is 9.53 Å². The summed E-state index contributed by atoms with van der Waals surface area (Å²) in [5.74, 6) is 0.254. The third-order valence-electron chi connectivity index (χ3n) is 3.80. The molecule has 126 valence electrons. The Morgan fingerprint density at radius 2 is 2.17 bits per heavy atom. The zero-order valence-corrected chi connectivity index (χ0v) is 15.0. The number of carbonyl (C=O) groups is 1. The van der Waals surface area contributed by atoms with Crippen LogP contribution in [0.15, 0.2) is 35.1 Å². The molecule has 1 aliphatic heterocycles. The molecule has 1 fully saturated rings. The van der Waals surface area contributed by atoms with Crippen LogP contribution in [0.3, 0.4) is 0 Å². The highest BCUT2D eigenvalue weighted by Gasteiger charge is 2.15. The third kappa shape index (κ3) is 4.30. The Labute approximate surface area is 149 Å². The summed E-state index contributed by atoms with van der Waals surface area (Å²) in [6.07, 6.45) is 5.40. The molecule has 1 aromatic carbocycles. The number of hydrogen-bond donors (Lipinski definition) is 2. The maximum Gasteiger partial charge on any atom is 0.258 e. The minimum absolute atomic E-state index is 0.218. The first-order chi connectivity index (χ1) is 11.6. The number of carbonyl (C=O) groups excluding carboxylic acids is 1. The van der Waals surface area contributed by atoms with Gasteiger partial charge in [-0.05, 0) is 53.4 Å². The number of rotatable bonds is 5. The average Bonchev–Trinajstić information content (AvgIpc) is 3.09. The molecule has 0 spiro atoms. The topological polar surface area (TPSA) is 76.1 Å². The zero-order chi connectivity index (χ0) is 16.9. The average molecular weight is 391 g/mol. The smallest absolute Gasteiger partial charge is 0.258 e. The van der Waals surface area contributed by atoms with E-state index in [2.05, 4.69) is 36.5 Å². The Kier molecular flexibility index (Phi) is 5.42. The van der Waals surface area contributed by atoms with E-state index in [0.29, 0.717) is 23.7 Å². The van der Waals surface area contributed by atoms with E-state index in [1.165, 1.54) is 12.4 Å². The van der Waals surface area contributed by atoms with Crippen molar-refractivity contribution in [3.63, 3.8) is 0 Å². The number of amides is 1. The van der Waals surface area contributed by atoms with Crippen LogP contribution in [0.25, 0.3) is 0 Å². The lowest BCUT2D eigenvalue weighted by molar-refractivity contribution is 0.102. The van der Waals surface area contributed by atoms with Gasteiger partial charge in [-0.3, -0.25) is 4.79 Å². The van der Waals surface area contributed by atoms with Crippen LogP contribution in [0.2, 0.25) is 0 Å². The highest BCUT2D eigenvalue weighted by molar-refractivity contribution is 9.10. The molecule has 1 atom stereocenters. The van der Waals surface area contributed by atoms with Gasteiger partial charge >= 0.3 is 0 Å². The summed E-state index contributed by atoms with van der Waals surface area (Å²) in [6, 6.07) is 5.74. The van der Waals surface area contributed by atoms with Gasteiger partial charge < -0.3 is 15.4 Å². The van der Waals surface area contributed by atoms with Gasteiger partial charge in [0, 0.05) is 30.0 Å². The number of nitrogens with one attached hydrogen (secondary N) is 2. The van der Waals surface area contributed by atoms with E-state index in [1.807, 2.05) is 25.1 Å². The second kappa shape index (κ2) is 7.72. The normalized spacial score (nSPS) is 16.8. The van der Waals surface area contributed by atoms with Crippen LogP contribution in [-0.2, 0) is 4.74 Å². The minimum Gasteiger partial charge on any atom is -0.376 e. The molecule has 2 heterocycles. The van der Waals surface area contributed by atoms with Gasteiger partial charge in [0.1, 0.15) is 0 Å². The van der Waals surface area contributed by atoms with Crippen LogP contribution in [0.5, 0.6) is 0 Å². The number of aryl methyl sites for hydroxylation is 1. The second-order valence-electron chi connectivity index (χ2n) is 5.75. The molecule has 1 amide bonds. The molecule has 0 bridgehead atoms. The molecular weight excluding hydrogens is 372 g/mol. The fraction of sp³-hybridized carbons (Fsp3) is 0.353. The highest BCUT2D eigenvalue weighted by Crippen LogP contribution is 2.23. The van der Waals surface area contributed by atoms with Crippen molar-refractivity contribution in [1.82, 2.24) is 9.97 Å². The van der Waals surface area contributed by atoms with Crippen LogP contribution in [0.1, 0.15) is 28.8 Å². The van der Waals surface area contributed by atoms with E-state index in [0.717, 1.165) is 29.5 Å². The molecule has 1 aromatic heterocycles. The molecule has 1 aliphatic rings. The first kappa shape index (κ1) is 16.9. The van der Waals surface area contributed by atoms with Crippen molar-refractivity contribution >= 4 is 33.5 Å². The second-order valence-corrected chi connectivity index (χ2v) is 6.60. The number of nitrogens with zero attached hydrogens (tertiary/aromatic N) is 2. The summed E-state index contributed by atoms with van der Waals surface area (Å²) in [6.45, 7) is 3.50. The third-order valence-corrected chi connectivity index (χ3v) is 4.45. The Balaban J connectivity index is 1.58. The van der Waals surface area contributed by atoms with Gasteiger partial charge in [-0.25, -0.2) is 9.97 Å². The molecule has 2 aromatic rings. The van der Waals surface area contributed by atoms with E-state index >= 15 is 0 Å². The van der Waals surface area contributed by atoms with Crippen molar-refractivity contribution in [1.29, 1.82) is 0 Å². The number of anilines is 2. The quantitative estimate of drug-likeness (QED) is 0.817. The van der Waals surface area contributed by atoms with Crippen molar-refractivity contribution in [2.75, 3.05) is 23.8 Å². The van der Waals surface area contributed by atoms with Crippen molar-refractivity contribution in [2.24, 2.45) is 0 Å². The van der Waals surface area contributed by atoms with Crippen LogP contribution in [0.4, 0.5) is 11.6 Å². The lowest BCUT2D eigenvalue weighted by Crippen LogP contribution is -2.20. The van der Waals surface area contributed by atoms with Crippen LogP contribution >= 0.6 is 15.9 Å². The Hall–Kier alpha value is -1.99. The molecular formula is C17H19BrN4O2. The van der Waals surface area contributed by atoms with Gasteiger partial charge in [-0.2, -0.15) is 0 Å². The maximum atomic E-state index is 12.3. The minimum atomic E-state index is -0.245. The number of benzene rings is 1. The SMILES string of the molecule is Cc1ccc(NC(=O)c2cnc(NCC3CCCO3)nc2)c(Br)c1. The van der Waals surface area contributed by atoms with Gasteiger partial charge in [-0.1, -0.05) is 6.07 Å². The van der Waals surface area contributed by atoms with Gasteiger partial charge in [-0.15, -0.1) is 0 Å². The van der Waals surface area contributed by atoms with Gasteiger partial charge in [0.25, 0.3) is 5.91 Å². The first-order valence-electron chi connectivity index (χ1n) is 7.87. The van der Waals surface area contributed by atoms with E-state index in [4.69, 9.17) is 4.74 Å². The maximum absolute atomic E-state index is 12.3. The fourth-order valence-electron chi connectivity index (χ4n) is 2.46. The molecule has 7 heteroatoms. The molecule has 2 N–H and O–H groups in total. The van der Waals surface area contributed by atoms with E-state index in [-0.39, 0.29) is 12.0 Å². The van der Waals surface area contributed by atoms with Gasteiger partial charge in [0.2, 0.25) is 5.95 Å². The number of ether oxygens (including phenoxy) is 1. The molecule has 0 saturated carbocycles. The largest absolute Gasteiger partial charge is 0.376 e. The molecule has 1 unspecified atom stereocenters. The van der Waals surface area contributed by atoms with Crippen molar-refractivity contribution in [2.45, 2.75) is 25.9 Å². The predicted octanol–water partition coefficient (Wildman–Crippen LogP) is 3.39. The molecule has 0 radical (unpaired) electrons. The van der Waals surface area contributed by atoms with Crippen LogP contribution in [-0.4, -0.2) is 35.1 Å². The summed E-state index contributed by atoms with van der Waals surface area (Å²) in [5, 5.41) is 5.98. The summed E-state index contributed by atoms with van der Waals surface area (Å²) < 4.78 is 6.38. The van der Waals surface area contributed by atoms with E-state index < -0.39 is 0 Å². The molecule has 0 aliphatic carbocycles. The lowest BCUT2D eigenvalue weighted by Gasteiger charge is -2.11. The lowest BCUT2D eigenvalue weighted by atomic mass is 10.2.